The van der Waals surface area contributed by atoms with Crippen molar-refractivity contribution in [2.75, 3.05) is 0 Å². The monoisotopic (exact) mass is 191 g/mol. The van der Waals surface area contributed by atoms with E-state index in [-0.39, 0.29) is 0 Å². The van der Waals surface area contributed by atoms with Crippen LogP contribution in [0.1, 0.15) is 35.6 Å². The van der Waals surface area contributed by atoms with Crippen LogP contribution in [0.3, 0.4) is 0 Å². The minimum atomic E-state index is 0.301. The molecule has 0 saturated carbocycles. The fourth-order valence-electron chi connectivity index (χ4n) is 1.94. The minimum absolute atomic E-state index is 0.301. The molecule has 0 heterocycles. The zero-order valence-electron chi connectivity index (χ0n) is 9.72. The van der Waals surface area contributed by atoms with Crippen molar-refractivity contribution < 1.29 is 0 Å². The van der Waals surface area contributed by atoms with Gasteiger partial charge in [0.2, 0.25) is 0 Å². The molecule has 0 aliphatic heterocycles. The summed E-state index contributed by atoms with van der Waals surface area (Å²) in [5.41, 5.74) is 11.5. The Morgan fingerprint density at radius 1 is 1.14 bits per heavy atom. The van der Waals surface area contributed by atoms with Gasteiger partial charge in [-0.15, -0.1) is 0 Å². The van der Waals surface area contributed by atoms with Crippen molar-refractivity contribution in [1.29, 1.82) is 0 Å². The predicted octanol–water partition coefficient (Wildman–Crippen LogP) is 2.89. The lowest BCUT2D eigenvalue weighted by Crippen LogP contribution is -2.22. The number of hydrogen-bond acceptors (Lipinski definition) is 1. The summed E-state index contributed by atoms with van der Waals surface area (Å²) in [6.45, 7) is 8.64. The minimum Gasteiger partial charge on any atom is -0.327 e. The molecule has 0 amide bonds. The zero-order chi connectivity index (χ0) is 10.7. The maximum Gasteiger partial charge on any atom is 0.00768 e. The summed E-state index contributed by atoms with van der Waals surface area (Å²) < 4.78 is 0. The third-order valence-electron chi connectivity index (χ3n) is 2.83. The average Bonchev–Trinajstić information content (AvgIpc) is 2.10. The quantitative estimate of drug-likeness (QED) is 0.781. The first kappa shape index (κ1) is 11.3. The summed E-state index contributed by atoms with van der Waals surface area (Å²) in [5.74, 6) is 0. The second kappa shape index (κ2) is 4.61. The van der Waals surface area contributed by atoms with E-state index in [4.69, 9.17) is 5.73 Å². The molecule has 0 radical (unpaired) electrons. The Labute approximate surface area is 87.3 Å². The van der Waals surface area contributed by atoms with Gasteiger partial charge in [-0.2, -0.15) is 0 Å². The van der Waals surface area contributed by atoms with Gasteiger partial charge >= 0.3 is 0 Å². The first-order chi connectivity index (χ1) is 6.54. The Morgan fingerprint density at radius 2 is 1.64 bits per heavy atom. The summed E-state index contributed by atoms with van der Waals surface area (Å²) in [5, 5.41) is 0. The smallest absolute Gasteiger partial charge is 0.00768 e. The molecule has 1 atom stereocenters. The van der Waals surface area contributed by atoms with Gasteiger partial charge in [-0.3, -0.25) is 0 Å². The van der Waals surface area contributed by atoms with Crippen LogP contribution in [-0.4, -0.2) is 6.04 Å². The van der Waals surface area contributed by atoms with Gasteiger partial charge in [-0.25, -0.2) is 0 Å². The van der Waals surface area contributed by atoms with Crippen molar-refractivity contribution in [3.05, 3.63) is 34.4 Å². The van der Waals surface area contributed by atoms with Gasteiger partial charge in [0, 0.05) is 6.04 Å². The Bertz CT molecular complexity index is 292. The van der Waals surface area contributed by atoms with E-state index in [1.54, 1.807) is 0 Å². The third kappa shape index (κ3) is 2.58. The predicted molar refractivity (Wildman–Crippen MR) is 62.6 cm³/mol. The standard InChI is InChI=1S/C13H21N/c1-5-12(14)8-13-10(3)6-9(2)7-11(13)4/h6-7,12H,5,8,14H2,1-4H3. The lowest BCUT2D eigenvalue weighted by molar-refractivity contribution is 0.642. The van der Waals surface area contributed by atoms with Gasteiger partial charge in [-0.05, 0) is 50.3 Å². The van der Waals surface area contributed by atoms with E-state index in [0.717, 1.165) is 12.8 Å². The maximum absolute atomic E-state index is 5.98. The van der Waals surface area contributed by atoms with Crippen LogP contribution < -0.4 is 5.73 Å². The summed E-state index contributed by atoms with van der Waals surface area (Å²) in [6, 6.07) is 4.78. The van der Waals surface area contributed by atoms with Crippen molar-refractivity contribution >= 4 is 0 Å². The van der Waals surface area contributed by atoms with Crippen molar-refractivity contribution in [2.45, 2.75) is 46.6 Å². The van der Waals surface area contributed by atoms with Crippen molar-refractivity contribution in [3.63, 3.8) is 0 Å². The molecular weight excluding hydrogens is 170 g/mol. The molecule has 1 rings (SSSR count). The Balaban J connectivity index is 2.96. The number of nitrogens with two attached hydrogens (primary N) is 1. The molecule has 0 fully saturated rings. The lowest BCUT2D eigenvalue weighted by atomic mass is 9.94. The van der Waals surface area contributed by atoms with E-state index < -0.39 is 0 Å². The molecule has 1 nitrogen and oxygen atoms in total. The molecule has 0 saturated heterocycles. The lowest BCUT2D eigenvalue weighted by Gasteiger charge is -2.14. The van der Waals surface area contributed by atoms with Crippen LogP contribution in [0.15, 0.2) is 12.1 Å². The van der Waals surface area contributed by atoms with Crippen LogP contribution in [0, 0.1) is 20.8 Å². The first-order valence-electron chi connectivity index (χ1n) is 5.37. The van der Waals surface area contributed by atoms with Crippen LogP contribution >= 0.6 is 0 Å². The Hall–Kier alpha value is -0.820. The zero-order valence-corrected chi connectivity index (χ0v) is 9.72. The summed E-state index contributed by atoms with van der Waals surface area (Å²) >= 11 is 0. The number of benzene rings is 1. The highest BCUT2D eigenvalue weighted by molar-refractivity contribution is 5.37. The van der Waals surface area contributed by atoms with Crippen LogP contribution in [0.5, 0.6) is 0 Å². The fourth-order valence-corrected chi connectivity index (χ4v) is 1.94. The molecule has 14 heavy (non-hydrogen) atoms. The number of rotatable bonds is 3. The Morgan fingerprint density at radius 3 is 2.07 bits per heavy atom. The van der Waals surface area contributed by atoms with Gasteiger partial charge in [0.15, 0.2) is 0 Å². The van der Waals surface area contributed by atoms with Gasteiger partial charge in [-0.1, -0.05) is 24.6 Å². The summed E-state index contributed by atoms with van der Waals surface area (Å²) in [6.07, 6.45) is 2.06. The highest BCUT2D eigenvalue weighted by Gasteiger charge is 2.07. The molecule has 0 bridgehead atoms. The van der Waals surface area contributed by atoms with Crippen molar-refractivity contribution in [1.82, 2.24) is 0 Å². The average molecular weight is 191 g/mol. The van der Waals surface area contributed by atoms with E-state index >= 15 is 0 Å². The second-order valence-corrected chi connectivity index (χ2v) is 4.25. The molecule has 0 aromatic heterocycles. The van der Waals surface area contributed by atoms with Crippen molar-refractivity contribution in [3.8, 4) is 0 Å². The normalized spacial score (nSPS) is 12.9. The molecule has 78 valence electrons. The van der Waals surface area contributed by atoms with Crippen LogP contribution in [0.2, 0.25) is 0 Å². The topological polar surface area (TPSA) is 26.0 Å². The van der Waals surface area contributed by atoms with Gasteiger partial charge < -0.3 is 5.73 Å². The SMILES string of the molecule is CCC(N)Cc1c(C)cc(C)cc1C. The molecule has 1 aromatic rings. The fraction of sp³-hybridized carbons (Fsp3) is 0.538. The molecule has 1 aromatic carbocycles. The van der Waals surface area contributed by atoms with Gasteiger partial charge in [0.1, 0.15) is 0 Å². The third-order valence-corrected chi connectivity index (χ3v) is 2.83. The summed E-state index contributed by atoms with van der Waals surface area (Å²) in [4.78, 5) is 0. The molecule has 1 heteroatoms. The highest BCUT2D eigenvalue weighted by atomic mass is 14.6. The highest BCUT2D eigenvalue weighted by Crippen LogP contribution is 2.18. The molecule has 0 spiro atoms. The van der Waals surface area contributed by atoms with Crippen LogP contribution in [0.4, 0.5) is 0 Å². The second-order valence-electron chi connectivity index (χ2n) is 4.25. The van der Waals surface area contributed by atoms with E-state index in [1.807, 2.05) is 0 Å². The van der Waals surface area contributed by atoms with E-state index in [0.29, 0.717) is 6.04 Å². The maximum atomic E-state index is 5.98. The van der Waals surface area contributed by atoms with Gasteiger partial charge in [0.25, 0.3) is 0 Å². The van der Waals surface area contributed by atoms with Crippen LogP contribution in [-0.2, 0) is 6.42 Å². The Kier molecular flexibility index (Phi) is 3.70. The molecule has 0 aliphatic carbocycles. The summed E-state index contributed by atoms with van der Waals surface area (Å²) in [7, 11) is 0. The molecule has 2 N–H and O–H groups in total. The molecule has 1 unspecified atom stereocenters. The van der Waals surface area contributed by atoms with E-state index in [2.05, 4.69) is 39.8 Å². The molecule has 0 aliphatic rings. The number of aryl methyl sites for hydroxylation is 3. The van der Waals surface area contributed by atoms with Crippen LogP contribution in [0.25, 0.3) is 0 Å². The van der Waals surface area contributed by atoms with E-state index in [1.165, 1.54) is 22.3 Å². The largest absolute Gasteiger partial charge is 0.327 e. The van der Waals surface area contributed by atoms with E-state index in [9.17, 15) is 0 Å². The molecular formula is C13H21N. The van der Waals surface area contributed by atoms with Crippen molar-refractivity contribution in [2.24, 2.45) is 5.73 Å². The number of hydrogen-bond donors (Lipinski definition) is 1. The first-order valence-corrected chi connectivity index (χ1v) is 5.37. The van der Waals surface area contributed by atoms with Gasteiger partial charge in [0.05, 0.1) is 0 Å².